The fourth-order valence-electron chi connectivity index (χ4n) is 1.77. The van der Waals surface area contributed by atoms with Gasteiger partial charge in [0.1, 0.15) is 5.54 Å². The lowest BCUT2D eigenvalue weighted by Crippen LogP contribution is -2.58. The number of carbonyl (C=O) groups excluding carboxylic acids is 2. The van der Waals surface area contributed by atoms with Gasteiger partial charge in [0.2, 0.25) is 5.91 Å². The van der Waals surface area contributed by atoms with Gasteiger partial charge in [0.25, 0.3) is 0 Å². The number of rotatable bonds is 3. The number of hydrogen-bond donors (Lipinski definition) is 3. The van der Waals surface area contributed by atoms with Gasteiger partial charge < -0.3 is 21.1 Å². The van der Waals surface area contributed by atoms with Gasteiger partial charge in [-0.2, -0.15) is 0 Å². The van der Waals surface area contributed by atoms with Gasteiger partial charge >= 0.3 is 12.0 Å². The van der Waals surface area contributed by atoms with Gasteiger partial charge in [0.05, 0.1) is 5.92 Å². The van der Waals surface area contributed by atoms with Crippen LogP contribution in [0, 0.1) is 5.92 Å². The maximum absolute atomic E-state index is 11.9. The summed E-state index contributed by atoms with van der Waals surface area (Å²) in [5.41, 5.74) is 4.01. The van der Waals surface area contributed by atoms with Gasteiger partial charge in [0.15, 0.2) is 0 Å². The number of carbonyl (C=O) groups is 3. The van der Waals surface area contributed by atoms with E-state index in [0.717, 1.165) is 0 Å². The molecule has 18 heavy (non-hydrogen) atoms. The van der Waals surface area contributed by atoms with Crippen LogP contribution in [-0.4, -0.2) is 46.5 Å². The van der Waals surface area contributed by atoms with Gasteiger partial charge in [-0.05, 0) is 26.7 Å². The number of primary amides is 1. The number of amides is 3. The number of piperidine rings is 1. The zero-order valence-electron chi connectivity index (χ0n) is 10.6. The van der Waals surface area contributed by atoms with E-state index in [2.05, 4.69) is 5.32 Å². The third-order valence-corrected chi connectivity index (χ3v) is 3.09. The Morgan fingerprint density at radius 1 is 1.39 bits per heavy atom. The average Bonchev–Trinajstić information content (AvgIpc) is 2.28. The van der Waals surface area contributed by atoms with E-state index in [4.69, 9.17) is 10.8 Å². The second-order valence-corrected chi connectivity index (χ2v) is 5.04. The Bertz CT molecular complexity index is 367. The number of carboxylic acid groups (broad SMARTS) is 1. The van der Waals surface area contributed by atoms with E-state index in [1.165, 1.54) is 18.7 Å². The minimum absolute atomic E-state index is 0.163. The summed E-state index contributed by atoms with van der Waals surface area (Å²) in [5, 5.41) is 11.4. The van der Waals surface area contributed by atoms with Crippen LogP contribution in [0.3, 0.4) is 0 Å². The topological polar surface area (TPSA) is 113 Å². The molecule has 102 valence electrons. The monoisotopic (exact) mass is 257 g/mol. The SMILES string of the molecule is CC(C)(NC(=O)N1CCC[C@@H](C(=O)O)C1)C(N)=O. The average molecular weight is 257 g/mol. The number of nitrogens with one attached hydrogen (secondary N) is 1. The highest BCUT2D eigenvalue weighted by atomic mass is 16.4. The van der Waals surface area contributed by atoms with Crippen molar-refractivity contribution in [3.05, 3.63) is 0 Å². The lowest BCUT2D eigenvalue weighted by atomic mass is 9.98. The summed E-state index contributed by atoms with van der Waals surface area (Å²) in [6, 6.07) is -0.454. The molecular weight excluding hydrogens is 238 g/mol. The standard InChI is InChI=1S/C11H19N3O4/c1-11(2,9(12)17)13-10(18)14-5-3-4-7(6-14)8(15)16/h7H,3-6H2,1-2H3,(H2,12,17)(H,13,18)(H,15,16)/t7-/m1/s1. The number of carboxylic acids is 1. The molecule has 4 N–H and O–H groups in total. The number of likely N-dealkylation sites (tertiary alicyclic amines) is 1. The molecule has 0 bridgehead atoms. The molecule has 0 aliphatic carbocycles. The second kappa shape index (κ2) is 5.24. The Balaban J connectivity index is 2.62. The molecule has 7 heteroatoms. The molecule has 1 saturated heterocycles. The largest absolute Gasteiger partial charge is 0.481 e. The van der Waals surface area contributed by atoms with Gasteiger partial charge in [-0.25, -0.2) is 4.79 Å². The van der Waals surface area contributed by atoms with Crippen molar-refractivity contribution in [1.29, 1.82) is 0 Å². The first-order valence-electron chi connectivity index (χ1n) is 5.84. The normalized spacial score (nSPS) is 20.3. The third kappa shape index (κ3) is 3.35. The van der Waals surface area contributed by atoms with Crippen molar-refractivity contribution in [2.75, 3.05) is 13.1 Å². The highest BCUT2D eigenvalue weighted by molar-refractivity contribution is 5.89. The number of urea groups is 1. The molecule has 0 unspecified atom stereocenters. The molecule has 3 amide bonds. The van der Waals surface area contributed by atoms with E-state index >= 15 is 0 Å². The van der Waals surface area contributed by atoms with Crippen LogP contribution in [0.25, 0.3) is 0 Å². The molecule has 0 spiro atoms. The lowest BCUT2D eigenvalue weighted by molar-refractivity contribution is -0.143. The van der Waals surface area contributed by atoms with Crippen LogP contribution in [0.5, 0.6) is 0 Å². The molecule has 0 aromatic rings. The van der Waals surface area contributed by atoms with Crippen molar-refractivity contribution in [2.45, 2.75) is 32.2 Å². The summed E-state index contributed by atoms with van der Waals surface area (Å²) in [6.07, 6.45) is 1.21. The summed E-state index contributed by atoms with van der Waals surface area (Å²) in [4.78, 5) is 35.3. The highest BCUT2D eigenvalue weighted by Gasteiger charge is 2.32. The number of nitrogens with two attached hydrogens (primary N) is 1. The Morgan fingerprint density at radius 3 is 2.50 bits per heavy atom. The maximum Gasteiger partial charge on any atom is 0.318 e. The predicted octanol–water partition coefficient (Wildman–Crippen LogP) is -0.243. The van der Waals surface area contributed by atoms with E-state index in [-0.39, 0.29) is 6.54 Å². The summed E-state index contributed by atoms with van der Waals surface area (Å²) in [7, 11) is 0. The van der Waals surface area contributed by atoms with Gasteiger partial charge in [0, 0.05) is 13.1 Å². The predicted molar refractivity (Wildman–Crippen MR) is 63.7 cm³/mol. The molecule has 1 aliphatic heterocycles. The van der Waals surface area contributed by atoms with Crippen molar-refractivity contribution in [1.82, 2.24) is 10.2 Å². The van der Waals surface area contributed by atoms with Crippen LogP contribution in [0.4, 0.5) is 4.79 Å². The number of aliphatic carboxylic acids is 1. The van der Waals surface area contributed by atoms with Crippen molar-refractivity contribution in [3.8, 4) is 0 Å². The first-order valence-corrected chi connectivity index (χ1v) is 5.84. The Hall–Kier alpha value is -1.79. The molecule has 1 atom stereocenters. The van der Waals surface area contributed by atoms with Crippen LogP contribution in [0.1, 0.15) is 26.7 Å². The van der Waals surface area contributed by atoms with Gasteiger partial charge in [-0.3, -0.25) is 9.59 Å². The number of nitrogens with zero attached hydrogens (tertiary/aromatic N) is 1. The lowest BCUT2D eigenvalue weighted by Gasteiger charge is -2.33. The Labute approximate surface area is 105 Å². The Morgan fingerprint density at radius 2 is 2.00 bits per heavy atom. The van der Waals surface area contributed by atoms with Crippen LogP contribution in [-0.2, 0) is 9.59 Å². The second-order valence-electron chi connectivity index (χ2n) is 5.04. The maximum atomic E-state index is 11.9. The van der Waals surface area contributed by atoms with Gasteiger partial charge in [-0.1, -0.05) is 0 Å². The molecule has 0 radical (unpaired) electrons. The summed E-state index contributed by atoms with van der Waals surface area (Å²) >= 11 is 0. The van der Waals surface area contributed by atoms with Crippen LogP contribution in [0.2, 0.25) is 0 Å². The van der Waals surface area contributed by atoms with Crippen LogP contribution < -0.4 is 11.1 Å². The number of hydrogen-bond acceptors (Lipinski definition) is 3. The van der Waals surface area contributed by atoms with Crippen molar-refractivity contribution in [3.63, 3.8) is 0 Å². The molecule has 1 heterocycles. The smallest absolute Gasteiger partial charge is 0.318 e. The van der Waals surface area contributed by atoms with E-state index < -0.39 is 29.4 Å². The van der Waals surface area contributed by atoms with Crippen molar-refractivity contribution >= 4 is 17.9 Å². The molecule has 1 rings (SSSR count). The molecule has 7 nitrogen and oxygen atoms in total. The minimum Gasteiger partial charge on any atom is -0.481 e. The molecular formula is C11H19N3O4. The first-order chi connectivity index (χ1) is 8.24. The minimum atomic E-state index is -1.15. The molecule has 0 aromatic heterocycles. The Kier molecular flexibility index (Phi) is 4.15. The summed E-state index contributed by atoms with van der Waals surface area (Å²) in [6.45, 7) is 3.66. The van der Waals surface area contributed by atoms with Crippen LogP contribution in [0.15, 0.2) is 0 Å². The summed E-state index contributed by atoms with van der Waals surface area (Å²) < 4.78 is 0. The first kappa shape index (κ1) is 14.3. The van der Waals surface area contributed by atoms with E-state index in [9.17, 15) is 14.4 Å². The quantitative estimate of drug-likeness (QED) is 0.647. The zero-order chi connectivity index (χ0) is 13.9. The molecule has 1 aliphatic rings. The zero-order valence-corrected chi connectivity index (χ0v) is 10.6. The van der Waals surface area contributed by atoms with E-state index in [1.54, 1.807) is 0 Å². The van der Waals surface area contributed by atoms with E-state index in [0.29, 0.717) is 19.4 Å². The van der Waals surface area contributed by atoms with Crippen molar-refractivity contribution in [2.24, 2.45) is 11.7 Å². The summed E-state index contributed by atoms with van der Waals surface area (Å²) in [5.74, 6) is -2.08. The van der Waals surface area contributed by atoms with E-state index in [1.807, 2.05) is 0 Å². The highest BCUT2D eigenvalue weighted by Crippen LogP contribution is 2.17. The molecule has 0 aromatic carbocycles. The molecule has 1 fully saturated rings. The fourth-order valence-corrected chi connectivity index (χ4v) is 1.77. The molecule has 0 saturated carbocycles. The third-order valence-electron chi connectivity index (χ3n) is 3.09. The fraction of sp³-hybridized carbons (Fsp3) is 0.727. The van der Waals surface area contributed by atoms with Gasteiger partial charge in [-0.15, -0.1) is 0 Å². The van der Waals surface area contributed by atoms with Crippen molar-refractivity contribution < 1.29 is 19.5 Å². The van der Waals surface area contributed by atoms with Crippen LogP contribution >= 0.6 is 0 Å².